The minimum atomic E-state index is -4.43. The molecule has 0 bridgehead atoms. The molecule has 3 aromatic rings. The van der Waals surface area contributed by atoms with Gasteiger partial charge in [-0.25, -0.2) is 0 Å². The Kier molecular flexibility index (Phi) is 5.31. The van der Waals surface area contributed by atoms with Crippen molar-refractivity contribution in [1.82, 2.24) is 4.57 Å². The molecule has 1 aromatic heterocycles. The molecule has 152 valence electrons. The van der Waals surface area contributed by atoms with Crippen molar-refractivity contribution >= 4 is 35.5 Å². The molecule has 1 N–H and O–H groups in total. The first-order valence-electron chi connectivity index (χ1n) is 8.54. The van der Waals surface area contributed by atoms with Crippen LogP contribution in [0.5, 0.6) is 5.88 Å². The van der Waals surface area contributed by atoms with Crippen LogP contribution in [0.3, 0.4) is 0 Å². The lowest BCUT2D eigenvalue weighted by Gasteiger charge is -2.10. The Hall–Kier alpha value is -3.18. The molecule has 2 heterocycles. The number of rotatable bonds is 3. The van der Waals surface area contributed by atoms with Gasteiger partial charge in [0, 0.05) is 5.22 Å². The molecule has 30 heavy (non-hydrogen) atoms. The van der Waals surface area contributed by atoms with E-state index >= 15 is 0 Å². The van der Waals surface area contributed by atoms with Gasteiger partial charge in [0.1, 0.15) is 0 Å². The van der Waals surface area contributed by atoms with Crippen molar-refractivity contribution in [2.75, 3.05) is 0 Å². The zero-order valence-corrected chi connectivity index (χ0v) is 16.7. The number of benzene rings is 2. The van der Waals surface area contributed by atoms with Crippen molar-refractivity contribution < 1.29 is 18.3 Å². The molecule has 0 saturated carbocycles. The van der Waals surface area contributed by atoms with Crippen LogP contribution >= 0.6 is 23.6 Å². The van der Waals surface area contributed by atoms with Crippen LogP contribution in [-0.2, 0) is 12.7 Å². The van der Waals surface area contributed by atoms with E-state index in [9.17, 15) is 18.3 Å². The summed E-state index contributed by atoms with van der Waals surface area (Å²) in [5, 5.41) is 26.6. The molecule has 0 atom stereocenters. The summed E-state index contributed by atoms with van der Waals surface area (Å²) in [6.07, 6.45) is -2.69. The van der Waals surface area contributed by atoms with Crippen LogP contribution in [0.15, 0.2) is 69.2 Å². The van der Waals surface area contributed by atoms with Crippen LogP contribution in [0.2, 0.25) is 0 Å². The van der Waals surface area contributed by atoms with Crippen molar-refractivity contribution in [2.45, 2.75) is 12.7 Å². The molecule has 0 spiro atoms. The maximum absolute atomic E-state index is 12.9. The summed E-state index contributed by atoms with van der Waals surface area (Å²) in [5.74, 6) is 0.312. The van der Waals surface area contributed by atoms with Gasteiger partial charge in [-0.3, -0.25) is 4.57 Å². The van der Waals surface area contributed by atoms with Gasteiger partial charge in [0.05, 0.1) is 17.0 Å². The van der Waals surface area contributed by atoms with E-state index in [1.165, 1.54) is 22.0 Å². The standard InChI is InChI=1S/C19H12F3N5OS2/c20-19(21,22)14-3-1-2-12(8-14)10-27-17(28)15(30-18(27)29)9-11-4-6-13(7-5-11)16-23-25-26-24-16/h1-9,28H,10H2. The number of aromatic hydroxyl groups is 1. The first kappa shape index (κ1) is 20.1. The molecular formula is C19H12F3N5OS2. The van der Waals surface area contributed by atoms with Gasteiger partial charge < -0.3 is 5.11 Å². The molecule has 11 heteroatoms. The van der Waals surface area contributed by atoms with Crippen LogP contribution in [0.25, 0.3) is 11.9 Å². The predicted molar refractivity (Wildman–Crippen MR) is 108 cm³/mol. The first-order chi connectivity index (χ1) is 14.3. The molecule has 1 aliphatic rings. The molecular weight excluding hydrogens is 435 g/mol. The predicted octanol–water partition coefficient (Wildman–Crippen LogP) is 4.78. The molecule has 0 radical (unpaired) electrons. The number of alkyl halides is 3. The molecule has 0 amide bonds. The number of halogens is 3. The average Bonchev–Trinajstić information content (AvgIpc) is 3.33. The van der Waals surface area contributed by atoms with Crippen molar-refractivity contribution in [3.63, 3.8) is 0 Å². The Morgan fingerprint density at radius 3 is 2.43 bits per heavy atom. The fourth-order valence-electron chi connectivity index (χ4n) is 2.82. The molecule has 4 rings (SSSR count). The summed E-state index contributed by atoms with van der Waals surface area (Å²) in [4.78, 5) is 0.507. The smallest absolute Gasteiger partial charge is 0.416 e. The SMILES string of the molecule is Oc1c(C=c2ccc(=C3N=NN=N3)cc2)sc(=S)n1Cc1cccc(C(F)(F)F)c1. The fourth-order valence-corrected chi connectivity index (χ4v) is 4.08. The van der Waals surface area contributed by atoms with Crippen LogP contribution < -0.4 is 10.4 Å². The van der Waals surface area contributed by atoms with E-state index in [0.717, 1.165) is 22.6 Å². The monoisotopic (exact) mass is 447 g/mol. The molecule has 0 fully saturated rings. The molecule has 0 aliphatic carbocycles. The third-order valence-electron chi connectivity index (χ3n) is 4.27. The highest BCUT2D eigenvalue weighted by Gasteiger charge is 2.30. The molecule has 0 saturated heterocycles. The Morgan fingerprint density at radius 2 is 1.77 bits per heavy atom. The molecule has 2 aromatic carbocycles. The van der Waals surface area contributed by atoms with Crippen molar-refractivity contribution in [2.24, 2.45) is 20.7 Å². The highest BCUT2D eigenvalue weighted by molar-refractivity contribution is 7.73. The lowest BCUT2D eigenvalue weighted by Crippen LogP contribution is -2.08. The fraction of sp³-hybridized carbons (Fsp3) is 0.105. The lowest BCUT2D eigenvalue weighted by molar-refractivity contribution is -0.137. The van der Waals surface area contributed by atoms with E-state index in [1.54, 1.807) is 24.3 Å². The van der Waals surface area contributed by atoms with E-state index in [0.29, 0.717) is 20.2 Å². The maximum atomic E-state index is 12.9. The summed E-state index contributed by atoms with van der Waals surface area (Å²) < 4.78 is 40.6. The molecule has 6 nitrogen and oxygen atoms in total. The van der Waals surface area contributed by atoms with Gasteiger partial charge in [0.2, 0.25) is 11.7 Å². The van der Waals surface area contributed by atoms with Gasteiger partial charge in [-0.05, 0) is 51.7 Å². The van der Waals surface area contributed by atoms with Crippen LogP contribution in [0.1, 0.15) is 16.0 Å². The zero-order chi connectivity index (χ0) is 21.3. The number of hydrogen-bond donors (Lipinski definition) is 1. The number of thiazole rings is 1. The topological polar surface area (TPSA) is 74.6 Å². The van der Waals surface area contributed by atoms with Gasteiger partial charge in [-0.1, -0.05) is 36.4 Å². The highest BCUT2D eigenvalue weighted by atomic mass is 32.1. The summed E-state index contributed by atoms with van der Waals surface area (Å²) >= 11 is 6.48. The van der Waals surface area contributed by atoms with Crippen molar-refractivity contribution in [3.8, 4) is 5.88 Å². The van der Waals surface area contributed by atoms with Crippen LogP contribution in [-0.4, -0.2) is 9.67 Å². The van der Waals surface area contributed by atoms with Gasteiger partial charge in [-0.2, -0.15) is 13.2 Å². The first-order valence-corrected chi connectivity index (χ1v) is 9.76. The number of hydrogen-bond acceptors (Lipinski definition) is 7. The Labute approximate surface area is 176 Å². The van der Waals surface area contributed by atoms with Gasteiger partial charge in [0.25, 0.3) is 0 Å². The van der Waals surface area contributed by atoms with E-state index in [1.807, 2.05) is 12.1 Å². The van der Waals surface area contributed by atoms with E-state index in [-0.39, 0.29) is 12.4 Å². The second-order valence-corrected chi connectivity index (χ2v) is 7.98. The Bertz CT molecular complexity index is 1320. The van der Waals surface area contributed by atoms with Gasteiger partial charge in [-0.15, -0.1) is 21.6 Å². The summed E-state index contributed by atoms with van der Waals surface area (Å²) in [6, 6.07) is 12.2. The Balaban J connectivity index is 1.65. The number of aromatic nitrogens is 1. The lowest BCUT2D eigenvalue weighted by atomic mass is 10.1. The highest BCUT2D eigenvalue weighted by Crippen LogP contribution is 2.31. The third-order valence-corrected chi connectivity index (χ3v) is 5.66. The van der Waals surface area contributed by atoms with Crippen molar-refractivity contribution in [1.29, 1.82) is 0 Å². The summed E-state index contributed by atoms with van der Waals surface area (Å²) in [7, 11) is 0. The minimum absolute atomic E-state index is 0.0339. The van der Waals surface area contributed by atoms with Crippen LogP contribution in [0, 0.1) is 3.95 Å². The maximum Gasteiger partial charge on any atom is 0.416 e. The van der Waals surface area contributed by atoms with Gasteiger partial charge in [0.15, 0.2) is 3.95 Å². The normalized spacial score (nSPS) is 13.2. The number of nitrogens with zero attached hydrogens (tertiary/aromatic N) is 5. The van der Waals surface area contributed by atoms with E-state index in [4.69, 9.17) is 12.2 Å². The second kappa shape index (κ2) is 7.92. The third kappa shape index (κ3) is 4.21. The zero-order valence-electron chi connectivity index (χ0n) is 15.0. The average molecular weight is 447 g/mol. The minimum Gasteiger partial charge on any atom is -0.493 e. The Morgan fingerprint density at radius 1 is 1.07 bits per heavy atom. The summed E-state index contributed by atoms with van der Waals surface area (Å²) in [5.41, 5.74) is -0.353. The molecule has 1 aliphatic heterocycles. The largest absolute Gasteiger partial charge is 0.493 e. The van der Waals surface area contributed by atoms with E-state index in [2.05, 4.69) is 20.7 Å². The molecule has 0 unspecified atom stereocenters. The second-order valence-electron chi connectivity index (χ2n) is 6.31. The quantitative estimate of drug-likeness (QED) is 0.587. The van der Waals surface area contributed by atoms with Crippen LogP contribution in [0.4, 0.5) is 13.2 Å². The van der Waals surface area contributed by atoms with Crippen molar-refractivity contribution in [3.05, 3.63) is 78.9 Å². The summed E-state index contributed by atoms with van der Waals surface area (Å²) in [6.45, 7) is 0.0339. The van der Waals surface area contributed by atoms with Gasteiger partial charge >= 0.3 is 6.18 Å². The van der Waals surface area contributed by atoms with E-state index < -0.39 is 11.7 Å².